The zero-order chi connectivity index (χ0) is 15.1. The number of alkyl halides is 3. The average molecular weight is 293 g/mol. The lowest BCUT2D eigenvalue weighted by molar-refractivity contribution is -0.424. The number of halogens is 3. The third-order valence-corrected chi connectivity index (χ3v) is 2.64. The number of ether oxygens (including phenoxy) is 1. The normalized spacial score (nSPS) is 14.8. The van der Waals surface area contributed by atoms with E-state index in [0.717, 1.165) is 6.07 Å². The number of nitro benzene ring substituents is 2. The summed E-state index contributed by atoms with van der Waals surface area (Å²) < 4.78 is 42.9. The van der Waals surface area contributed by atoms with E-state index >= 15 is 0 Å². The Morgan fingerprint density at radius 2 is 1.65 bits per heavy atom. The maximum atomic E-state index is 12.7. The van der Waals surface area contributed by atoms with Crippen molar-refractivity contribution in [3.8, 4) is 0 Å². The maximum Gasteiger partial charge on any atom is 0.423 e. The first-order valence-electron chi connectivity index (χ1n) is 5.09. The lowest BCUT2D eigenvalue weighted by Crippen LogP contribution is -2.40. The van der Waals surface area contributed by atoms with Crippen molar-refractivity contribution in [3.05, 3.63) is 37.9 Å². The summed E-state index contributed by atoms with van der Waals surface area (Å²) in [6, 6.07) is 1.29. The van der Waals surface area contributed by atoms with Gasteiger partial charge in [0, 0.05) is 0 Å². The second kappa shape index (κ2) is 4.59. The van der Waals surface area contributed by atoms with Crippen LogP contribution in [0.3, 0.4) is 0 Å². The van der Waals surface area contributed by atoms with Crippen LogP contribution in [0.4, 0.5) is 30.2 Å². The van der Waals surface area contributed by atoms with E-state index in [1.807, 2.05) is 0 Å². The SMILES string of the molecule is O=[N+]([O-])c1c(N2COC2)ccc(C(F)(F)F)c1[N+](=O)[O-]. The fourth-order valence-corrected chi connectivity index (χ4v) is 1.74. The molecule has 1 aromatic rings. The molecule has 0 radical (unpaired) electrons. The molecule has 1 fully saturated rings. The third kappa shape index (κ3) is 2.22. The fourth-order valence-electron chi connectivity index (χ4n) is 1.74. The molecule has 0 saturated carbocycles. The largest absolute Gasteiger partial charge is 0.423 e. The van der Waals surface area contributed by atoms with Crippen molar-refractivity contribution in [1.82, 2.24) is 0 Å². The van der Waals surface area contributed by atoms with Gasteiger partial charge in [-0.3, -0.25) is 20.2 Å². The van der Waals surface area contributed by atoms with Gasteiger partial charge >= 0.3 is 17.6 Å². The van der Waals surface area contributed by atoms with Crippen LogP contribution in [0.15, 0.2) is 12.1 Å². The first kappa shape index (κ1) is 14.0. The number of rotatable bonds is 3. The molecule has 1 heterocycles. The highest BCUT2D eigenvalue weighted by Gasteiger charge is 2.45. The highest BCUT2D eigenvalue weighted by molar-refractivity contribution is 5.75. The Balaban J connectivity index is 2.73. The number of hydrogen-bond acceptors (Lipinski definition) is 6. The van der Waals surface area contributed by atoms with E-state index in [0.29, 0.717) is 6.07 Å². The van der Waals surface area contributed by atoms with E-state index < -0.39 is 33.0 Å². The minimum atomic E-state index is -5.06. The molecule has 1 saturated heterocycles. The van der Waals surface area contributed by atoms with E-state index in [4.69, 9.17) is 4.74 Å². The molecule has 0 N–H and O–H groups in total. The predicted molar refractivity (Wildman–Crippen MR) is 58.1 cm³/mol. The zero-order valence-corrected chi connectivity index (χ0v) is 9.59. The first-order chi connectivity index (χ1) is 9.23. The molecule has 1 aromatic carbocycles. The minimum Gasteiger partial charge on any atom is -0.341 e. The summed E-state index contributed by atoms with van der Waals surface area (Å²) in [7, 11) is 0. The molecular weight excluding hydrogens is 287 g/mol. The molecule has 1 aliphatic rings. The standard InChI is InChI=1S/C9H6F3N3O5/c10-9(11,12)5-1-2-6(13-3-20-4-13)8(15(18)19)7(5)14(16)17/h1-2H,3-4H2. The lowest BCUT2D eigenvalue weighted by atomic mass is 10.1. The van der Waals surface area contributed by atoms with Gasteiger partial charge in [-0.15, -0.1) is 0 Å². The molecule has 1 aliphatic heterocycles. The molecule has 11 heteroatoms. The van der Waals surface area contributed by atoms with Crippen LogP contribution in [0.25, 0.3) is 0 Å². The van der Waals surface area contributed by atoms with Gasteiger partial charge in [-0.2, -0.15) is 13.2 Å². The molecule has 0 aromatic heterocycles. The van der Waals surface area contributed by atoms with Crippen molar-refractivity contribution in [1.29, 1.82) is 0 Å². The summed E-state index contributed by atoms with van der Waals surface area (Å²) in [6.45, 7) is -0.160. The van der Waals surface area contributed by atoms with Crippen molar-refractivity contribution >= 4 is 17.1 Å². The van der Waals surface area contributed by atoms with Crippen LogP contribution >= 0.6 is 0 Å². The third-order valence-electron chi connectivity index (χ3n) is 2.64. The Hall–Kier alpha value is -2.43. The molecule has 2 rings (SSSR count). The van der Waals surface area contributed by atoms with Crippen molar-refractivity contribution in [2.45, 2.75) is 6.18 Å². The molecule has 20 heavy (non-hydrogen) atoms. The molecular formula is C9H6F3N3O5. The van der Waals surface area contributed by atoms with Gasteiger partial charge in [-0.05, 0) is 12.1 Å². The van der Waals surface area contributed by atoms with E-state index in [1.165, 1.54) is 4.90 Å². The van der Waals surface area contributed by atoms with Gasteiger partial charge in [0.25, 0.3) is 0 Å². The predicted octanol–water partition coefficient (Wildman–Crippen LogP) is 2.27. The lowest BCUT2D eigenvalue weighted by Gasteiger charge is -2.32. The van der Waals surface area contributed by atoms with Gasteiger partial charge in [-0.1, -0.05) is 0 Å². The van der Waals surface area contributed by atoms with Crippen LogP contribution in [0, 0.1) is 20.2 Å². The van der Waals surface area contributed by atoms with Crippen molar-refractivity contribution in [2.24, 2.45) is 0 Å². The molecule has 0 spiro atoms. The maximum absolute atomic E-state index is 12.7. The van der Waals surface area contributed by atoms with Crippen LogP contribution in [0.1, 0.15) is 5.56 Å². The van der Waals surface area contributed by atoms with Crippen LogP contribution in [-0.4, -0.2) is 23.3 Å². The fraction of sp³-hybridized carbons (Fsp3) is 0.333. The summed E-state index contributed by atoms with van der Waals surface area (Å²) in [4.78, 5) is 20.4. The number of anilines is 1. The second-order valence-corrected chi connectivity index (χ2v) is 3.84. The van der Waals surface area contributed by atoms with E-state index in [2.05, 4.69) is 0 Å². The molecule has 8 nitrogen and oxygen atoms in total. The Labute approximate surface area is 108 Å². The first-order valence-corrected chi connectivity index (χ1v) is 5.09. The van der Waals surface area contributed by atoms with Gasteiger partial charge in [0.05, 0.1) is 9.85 Å². The average Bonchev–Trinajstić information content (AvgIpc) is 2.23. The summed E-state index contributed by atoms with van der Waals surface area (Å²) in [6.07, 6.45) is -5.06. The Morgan fingerprint density at radius 1 is 1.10 bits per heavy atom. The van der Waals surface area contributed by atoms with Gasteiger partial charge in [0.2, 0.25) is 0 Å². The highest BCUT2D eigenvalue weighted by Crippen LogP contribution is 2.46. The number of benzene rings is 1. The van der Waals surface area contributed by atoms with Crippen LogP contribution in [0.5, 0.6) is 0 Å². The van der Waals surface area contributed by atoms with Gasteiger partial charge in [-0.25, -0.2) is 0 Å². The Kier molecular flexibility index (Phi) is 3.21. The van der Waals surface area contributed by atoms with Gasteiger partial charge in [0.1, 0.15) is 24.7 Å². The molecule has 0 aliphatic carbocycles. The van der Waals surface area contributed by atoms with Crippen molar-refractivity contribution < 1.29 is 27.8 Å². The highest BCUT2D eigenvalue weighted by atomic mass is 19.4. The molecule has 108 valence electrons. The van der Waals surface area contributed by atoms with Gasteiger partial charge < -0.3 is 9.64 Å². The zero-order valence-electron chi connectivity index (χ0n) is 9.59. The summed E-state index contributed by atoms with van der Waals surface area (Å²) in [5, 5.41) is 21.8. The second-order valence-electron chi connectivity index (χ2n) is 3.84. The van der Waals surface area contributed by atoms with Gasteiger partial charge in [0.15, 0.2) is 0 Å². The summed E-state index contributed by atoms with van der Waals surface area (Å²) >= 11 is 0. The number of hydrogen-bond donors (Lipinski definition) is 0. The molecule has 0 amide bonds. The number of nitro groups is 2. The van der Waals surface area contributed by atoms with Crippen molar-refractivity contribution in [3.63, 3.8) is 0 Å². The van der Waals surface area contributed by atoms with E-state index in [9.17, 15) is 33.4 Å². The van der Waals surface area contributed by atoms with Crippen LogP contribution in [0.2, 0.25) is 0 Å². The molecule has 0 bridgehead atoms. The molecule has 0 unspecified atom stereocenters. The Morgan fingerprint density at radius 3 is 2.00 bits per heavy atom. The minimum absolute atomic E-state index is 0.0800. The van der Waals surface area contributed by atoms with Crippen molar-refractivity contribution in [2.75, 3.05) is 18.4 Å². The summed E-state index contributed by atoms with van der Waals surface area (Å²) in [5.74, 6) is 0. The topological polar surface area (TPSA) is 98.8 Å². The van der Waals surface area contributed by atoms with Crippen LogP contribution in [-0.2, 0) is 10.9 Å². The van der Waals surface area contributed by atoms with E-state index in [-0.39, 0.29) is 19.1 Å². The Bertz CT molecular complexity index is 585. The summed E-state index contributed by atoms with van der Waals surface area (Å²) in [5.41, 5.74) is -4.68. The van der Waals surface area contributed by atoms with Crippen LogP contribution < -0.4 is 4.90 Å². The molecule has 0 atom stereocenters. The quantitative estimate of drug-likeness (QED) is 0.626. The van der Waals surface area contributed by atoms with E-state index in [1.54, 1.807) is 0 Å². The number of nitrogens with zero attached hydrogens (tertiary/aromatic N) is 3. The smallest absolute Gasteiger partial charge is 0.341 e. The monoisotopic (exact) mass is 293 g/mol.